The van der Waals surface area contributed by atoms with Gasteiger partial charge in [0.25, 0.3) is 5.91 Å². The van der Waals surface area contributed by atoms with Crippen molar-refractivity contribution in [2.24, 2.45) is 0 Å². The molecule has 0 radical (unpaired) electrons. The van der Waals surface area contributed by atoms with Gasteiger partial charge in [0, 0.05) is 18.6 Å². The van der Waals surface area contributed by atoms with Gasteiger partial charge < -0.3 is 14.4 Å². The molecule has 0 aliphatic rings. The number of rotatable bonds is 7. The molecule has 0 heterocycles. The van der Waals surface area contributed by atoms with Gasteiger partial charge >= 0.3 is 0 Å². The number of halogens is 1. The molecule has 0 bridgehead atoms. The number of methoxy groups -OCH3 is 1. The molecule has 4 nitrogen and oxygen atoms in total. The minimum absolute atomic E-state index is 0.0525. The van der Waals surface area contributed by atoms with E-state index in [1.165, 1.54) is 0 Å². The summed E-state index contributed by atoms with van der Waals surface area (Å²) in [6.07, 6.45) is 0.0726. The second kappa shape index (κ2) is 8.60. The number of carbonyl (C=O) groups is 1. The Morgan fingerprint density at radius 2 is 1.67 bits per heavy atom. The van der Waals surface area contributed by atoms with E-state index in [4.69, 9.17) is 21.1 Å². The first-order valence-electron chi connectivity index (χ1n) is 7.83. The van der Waals surface area contributed by atoms with Crippen LogP contribution in [0.5, 0.6) is 11.5 Å². The van der Waals surface area contributed by atoms with Crippen molar-refractivity contribution in [3.8, 4) is 11.5 Å². The molecule has 5 heteroatoms. The fraction of sp³-hybridized carbons (Fsp3) is 0.316. The van der Waals surface area contributed by atoms with Crippen LogP contribution in [0.4, 0.5) is 0 Å². The molecule has 2 aromatic carbocycles. The molecule has 0 unspecified atom stereocenters. The van der Waals surface area contributed by atoms with Crippen LogP contribution in [0.25, 0.3) is 0 Å². The molecule has 0 aliphatic carbocycles. The van der Waals surface area contributed by atoms with Crippen LogP contribution in [-0.2, 0) is 11.3 Å². The average molecular weight is 348 g/mol. The van der Waals surface area contributed by atoms with E-state index in [9.17, 15) is 4.79 Å². The third-order valence-electron chi connectivity index (χ3n) is 3.69. The summed E-state index contributed by atoms with van der Waals surface area (Å²) in [5.41, 5.74) is 1.04. The molecule has 128 valence electrons. The third kappa shape index (κ3) is 4.90. The SMILES string of the molecule is CC[C@H](Oc1ccc(Cl)cc1)C(=O)N(C)Cc1ccc(OC)cc1. The second-order valence-electron chi connectivity index (χ2n) is 5.51. The number of benzene rings is 2. The zero-order valence-corrected chi connectivity index (χ0v) is 14.9. The number of hydrogen-bond acceptors (Lipinski definition) is 3. The lowest BCUT2D eigenvalue weighted by molar-refractivity contribution is -0.138. The van der Waals surface area contributed by atoms with Gasteiger partial charge in [-0.2, -0.15) is 0 Å². The van der Waals surface area contributed by atoms with E-state index in [2.05, 4.69) is 0 Å². The molecule has 0 spiro atoms. The van der Waals surface area contributed by atoms with Crippen molar-refractivity contribution < 1.29 is 14.3 Å². The van der Waals surface area contributed by atoms with Crippen molar-refractivity contribution in [2.45, 2.75) is 26.0 Å². The maximum absolute atomic E-state index is 12.6. The van der Waals surface area contributed by atoms with E-state index in [1.54, 1.807) is 43.3 Å². The Balaban J connectivity index is 1.99. The second-order valence-corrected chi connectivity index (χ2v) is 5.95. The maximum Gasteiger partial charge on any atom is 0.263 e. The molecule has 2 aromatic rings. The summed E-state index contributed by atoms with van der Waals surface area (Å²) in [5, 5.41) is 0.637. The van der Waals surface area contributed by atoms with Crippen molar-refractivity contribution in [1.82, 2.24) is 4.90 Å². The van der Waals surface area contributed by atoms with Crippen molar-refractivity contribution >= 4 is 17.5 Å². The van der Waals surface area contributed by atoms with Crippen LogP contribution in [0, 0.1) is 0 Å². The smallest absolute Gasteiger partial charge is 0.263 e. The predicted molar refractivity (Wildman–Crippen MR) is 95.6 cm³/mol. The Bertz CT molecular complexity index is 655. The third-order valence-corrected chi connectivity index (χ3v) is 3.95. The van der Waals surface area contributed by atoms with Gasteiger partial charge in [-0.05, 0) is 48.4 Å². The van der Waals surface area contributed by atoms with Crippen LogP contribution in [0.3, 0.4) is 0 Å². The first-order valence-corrected chi connectivity index (χ1v) is 8.21. The highest BCUT2D eigenvalue weighted by atomic mass is 35.5. The molecule has 1 atom stereocenters. The summed E-state index contributed by atoms with van der Waals surface area (Å²) in [7, 11) is 3.41. The first-order chi connectivity index (χ1) is 11.5. The number of hydrogen-bond donors (Lipinski definition) is 0. The van der Waals surface area contributed by atoms with E-state index in [-0.39, 0.29) is 5.91 Å². The van der Waals surface area contributed by atoms with Gasteiger partial charge in [-0.25, -0.2) is 0 Å². The summed E-state index contributed by atoms with van der Waals surface area (Å²) < 4.78 is 10.9. The Hall–Kier alpha value is -2.20. The van der Waals surface area contributed by atoms with Gasteiger partial charge in [0.2, 0.25) is 0 Å². The van der Waals surface area contributed by atoms with Gasteiger partial charge in [-0.15, -0.1) is 0 Å². The van der Waals surface area contributed by atoms with Crippen LogP contribution in [0.2, 0.25) is 5.02 Å². The molecule has 0 aliphatic heterocycles. The molecular weight excluding hydrogens is 326 g/mol. The van der Waals surface area contributed by atoms with Crippen molar-refractivity contribution in [1.29, 1.82) is 0 Å². The van der Waals surface area contributed by atoms with E-state index in [0.29, 0.717) is 23.7 Å². The van der Waals surface area contributed by atoms with E-state index in [0.717, 1.165) is 11.3 Å². The molecule has 0 saturated carbocycles. The Morgan fingerprint density at radius 3 is 2.21 bits per heavy atom. The highest BCUT2D eigenvalue weighted by molar-refractivity contribution is 6.30. The average Bonchev–Trinajstić information content (AvgIpc) is 2.61. The van der Waals surface area contributed by atoms with Crippen LogP contribution in [0.1, 0.15) is 18.9 Å². The largest absolute Gasteiger partial charge is 0.497 e. The van der Waals surface area contributed by atoms with Crippen molar-refractivity contribution in [2.75, 3.05) is 14.2 Å². The number of nitrogens with zero attached hydrogens (tertiary/aromatic N) is 1. The van der Waals surface area contributed by atoms with Crippen molar-refractivity contribution in [3.05, 3.63) is 59.1 Å². The summed E-state index contributed by atoms with van der Waals surface area (Å²) >= 11 is 5.87. The minimum Gasteiger partial charge on any atom is -0.497 e. The molecule has 0 N–H and O–H groups in total. The molecular formula is C19H22ClNO3. The Morgan fingerprint density at radius 1 is 1.08 bits per heavy atom. The molecule has 0 fully saturated rings. The molecule has 0 saturated heterocycles. The van der Waals surface area contributed by atoms with Gasteiger partial charge in [-0.3, -0.25) is 4.79 Å². The van der Waals surface area contributed by atoms with E-state index in [1.807, 2.05) is 31.2 Å². The summed E-state index contributed by atoms with van der Waals surface area (Å²) in [4.78, 5) is 14.3. The Kier molecular flexibility index (Phi) is 6.50. The number of amides is 1. The zero-order chi connectivity index (χ0) is 17.5. The lowest BCUT2D eigenvalue weighted by atomic mass is 10.2. The predicted octanol–water partition coefficient (Wildman–Crippen LogP) is 4.16. The van der Waals surface area contributed by atoms with Crippen molar-refractivity contribution in [3.63, 3.8) is 0 Å². The van der Waals surface area contributed by atoms with E-state index < -0.39 is 6.10 Å². The zero-order valence-electron chi connectivity index (χ0n) is 14.2. The van der Waals surface area contributed by atoms with Gasteiger partial charge in [0.15, 0.2) is 6.10 Å². The molecule has 0 aromatic heterocycles. The molecule has 1 amide bonds. The van der Waals surface area contributed by atoms with Crippen LogP contribution >= 0.6 is 11.6 Å². The highest BCUT2D eigenvalue weighted by Crippen LogP contribution is 2.19. The summed E-state index contributed by atoms with van der Waals surface area (Å²) in [5.74, 6) is 1.38. The quantitative estimate of drug-likeness (QED) is 0.754. The number of ether oxygens (including phenoxy) is 2. The lowest BCUT2D eigenvalue weighted by Crippen LogP contribution is -2.39. The first kappa shape index (κ1) is 18.1. The standard InChI is InChI=1S/C19H22ClNO3/c1-4-18(24-17-11-7-15(20)8-12-17)19(22)21(2)13-14-5-9-16(23-3)10-6-14/h5-12,18H,4,13H2,1-3H3/t18-/m0/s1. The maximum atomic E-state index is 12.6. The topological polar surface area (TPSA) is 38.8 Å². The summed E-state index contributed by atoms with van der Waals surface area (Å²) in [6, 6.07) is 14.7. The number of likely N-dealkylation sites (N-methyl/N-ethyl adjacent to an activating group) is 1. The van der Waals surface area contributed by atoms with Crippen LogP contribution < -0.4 is 9.47 Å². The fourth-order valence-corrected chi connectivity index (χ4v) is 2.44. The van der Waals surface area contributed by atoms with Crippen LogP contribution in [-0.4, -0.2) is 31.1 Å². The highest BCUT2D eigenvalue weighted by Gasteiger charge is 2.22. The molecule has 2 rings (SSSR count). The molecule has 24 heavy (non-hydrogen) atoms. The summed E-state index contributed by atoms with van der Waals surface area (Å²) in [6.45, 7) is 2.45. The minimum atomic E-state index is -0.519. The fourth-order valence-electron chi connectivity index (χ4n) is 2.31. The van der Waals surface area contributed by atoms with Gasteiger partial charge in [0.1, 0.15) is 11.5 Å². The monoisotopic (exact) mass is 347 g/mol. The number of carbonyl (C=O) groups excluding carboxylic acids is 1. The Labute approximate surface area is 147 Å². The lowest BCUT2D eigenvalue weighted by Gasteiger charge is -2.24. The van der Waals surface area contributed by atoms with Gasteiger partial charge in [-0.1, -0.05) is 30.7 Å². The van der Waals surface area contributed by atoms with E-state index >= 15 is 0 Å². The van der Waals surface area contributed by atoms with Crippen LogP contribution in [0.15, 0.2) is 48.5 Å². The van der Waals surface area contributed by atoms with Gasteiger partial charge in [0.05, 0.1) is 7.11 Å². The normalized spacial score (nSPS) is 11.7.